The van der Waals surface area contributed by atoms with E-state index in [1.807, 2.05) is 0 Å². The van der Waals surface area contributed by atoms with Crippen molar-refractivity contribution in [2.75, 3.05) is 6.54 Å². The molecule has 1 fully saturated rings. The van der Waals surface area contributed by atoms with Gasteiger partial charge in [-0.3, -0.25) is 9.78 Å². The molecule has 0 radical (unpaired) electrons. The van der Waals surface area contributed by atoms with E-state index in [4.69, 9.17) is 22.1 Å². The minimum Gasteiger partial charge on any atom is -0.456 e. The lowest BCUT2D eigenvalue weighted by Gasteiger charge is -2.28. The van der Waals surface area contributed by atoms with Crippen LogP contribution < -0.4 is 15.8 Å². The zero-order valence-corrected chi connectivity index (χ0v) is 16.5. The Morgan fingerprint density at radius 1 is 1.19 bits per heavy atom. The Labute approximate surface area is 170 Å². The minimum atomic E-state index is -0.282. The van der Waals surface area contributed by atoms with Gasteiger partial charge in [0.05, 0.1) is 10.6 Å². The lowest BCUT2D eigenvalue weighted by molar-refractivity contribution is 0.0903. The van der Waals surface area contributed by atoms with E-state index in [1.54, 1.807) is 42.7 Å². The molecule has 0 atom stereocenters. The van der Waals surface area contributed by atoms with Gasteiger partial charge in [-0.2, -0.15) is 0 Å². The molecule has 8 heteroatoms. The Kier molecular flexibility index (Phi) is 8.63. The van der Waals surface area contributed by atoms with Gasteiger partial charge in [0.15, 0.2) is 0 Å². The lowest BCUT2D eigenvalue weighted by atomic mass is 9.97. The average Bonchev–Trinajstić information content (AvgIpc) is 3.06. The maximum atomic E-state index is 12.5. The third kappa shape index (κ3) is 5.24. The van der Waals surface area contributed by atoms with Crippen molar-refractivity contribution in [3.63, 3.8) is 0 Å². The second kappa shape index (κ2) is 9.97. The van der Waals surface area contributed by atoms with Crippen molar-refractivity contribution < 1.29 is 9.53 Å². The number of rotatable bonds is 5. The summed E-state index contributed by atoms with van der Waals surface area (Å²) in [5.74, 6) is 0.977. The molecule has 0 saturated heterocycles. The monoisotopic (exact) mass is 417 g/mol. The topological polar surface area (TPSA) is 77.2 Å². The highest BCUT2D eigenvalue weighted by Crippen LogP contribution is 2.31. The van der Waals surface area contributed by atoms with Gasteiger partial charge < -0.3 is 15.8 Å². The Morgan fingerprint density at radius 3 is 2.42 bits per heavy atom. The van der Waals surface area contributed by atoms with Crippen LogP contribution in [-0.4, -0.2) is 23.0 Å². The maximum Gasteiger partial charge on any atom is 0.251 e. The van der Waals surface area contributed by atoms with E-state index < -0.39 is 0 Å². The average molecular weight is 419 g/mol. The van der Waals surface area contributed by atoms with Crippen LogP contribution >= 0.6 is 36.4 Å². The van der Waals surface area contributed by atoms with Crippen LogP contribution in [0.1, 0.15) is 36.0 Å². The van der Waals surface area contributed by atoms with Crippen LogP contribution in [0.4, 0.5) is 0 Å². The van der Waals surface area contributed by atoms with Crippen LogP contribution in [-0.2, 0) is 0 Å². The fourth-order valence-corrected chi connectivity index (χ4v) is 3.22. The third-order valence-corrected chi connectivity index (χ3v) is 4.70. The Bertz CT molecular complexity index is 723. The molecule has 0 aliphatic heterocycles. The first-order chi connectivity index (χ1) is 11.6. The van der Waals surface area contributed by atoms with E-state index in [1.165, 1.54) is 0 Å². The van der Waals surface area contributed by atoms with Gasteiger partial charge in [-0.15, -0.1) is 24.8 Å². The molecule has 0 spiro atoms. The highest BCUT2D eigenvalue weighted by molar-refractivity contribution is 6.32. The summed E-state index contributed by atoms with van der Waals surface area (Å²) < 4.78 is 5.69. The Hall–Kier alpha value is -1.53. The molecule has 142 valence electrons. The first-order valence-corrected chi connectivity index (χ1v) is 8.40. The maximum absolute atomic E-state index is 12.5. The summed E-state index contributed by atoms with van der Waals surface area (Å²) in [6, 6.07) is 8.50. The highest BCUT2D eigenvalue weighted by atomic mass is 35.5. The molecule has 1 heterocycles. The summed E-state index contributed by atoms with van der Waals surface area (Å²) in [4.78, 5) is 16.4. The fourth-order valence-electron chi connectivity index (χ4n) is 3.00. The van der Waals surface area contributed by atoms with E-state index in [9.17, 15) is 4.79 Å². The first-order valence-electron chi connectivity index (χ1n) is 8.02. The number of hydrogen-bond donors (Lipinski definition) is 2. The third-order valence-electron chi connectivity index (χ3n) is 4.40. The van der Waals surface area contributed by atoms with Crippen LogP contribution in [0.3, 0.4) is 0 Å². The summed E-state index contributed by atoms with van der Waals surface area (Å²) in [6.07, 6.45) is 7.31. The van der Waals surface area contributed by atoms with Crippen molar-refractivity contribution in [3.05, 3.63) is 53.3 Å². The number of benzene rings is 1. The summed E-state index contributed by atoms with van der Waals surface area (Å²) in [5, 5.41) is 3.47. The van der Waals surface area contributed by atoms with Crippen molar-refractivity contribution in [2.24, 2.45) is 5.73 Å². The quantitative estimate of drug-likeness (QED) is 0.755. The Balaban J connectivity index is 0.00000169. The number of nitrogens with zero attached hydrogens (tertiary/aromatic N) is 1. The number of aromatic nitrogens is 1. The molecule has 3 rings (SSSR count). The van der Waals surface area contributed by atoms with E-state index in [2.05, 4.69) is 10.3 Å². The van der Waals surface area contributed by atoms with Crippen LogP contribution in [0.15, 0.2) is 42.7 Å². The van der Waals surface area contributed by atoms with Gasteiger partial charge in [-0.1, -0.05) is 24.4 Å². The Morgan fingerprint density at radius 2 is 1.85 bits per heavy atom. The highest BCUT2D eigenvalue weighted by Gasteiger charge is 2.34. The smallest absolute Gasteiger partial charge is 0.251 e. The molecule has 3 N–H and O–H groups in total. The van der Waals surface area contributed by atoms with Gasteiger partial charge in [0.1, 0.15) is 11.5 Å². The number of carbonyl (C=O) groups excluding carboxylic acids is 1. The van der Waals surface area contributed by atoms with Gasteiger partial charge in [0, 0.05) is 24.5 Å². The number of nitrogens with two attached hydrogens (primary N) is 1. The SMILES string of the molecule is Cl.Cl.NCC1(NC(=O)c2ccc(Oc3ccncc3)c(Cl)c2)CCCC1. The molecular formula is C18H22Cl3N3O2. The molecule has 1 aromatic heterocycles. The number of amides is 1. The molecule has 1 aromatic carbocycles. The van der Waals surface area contributed by atoms with Crippen LogP contribution in [0, 0.1) is 0 Å². The predicted octanol–water partition coefficient (Wildman–Crippen LogP) is 4.37. The van der Waals surface area contributed by atoms with Crippen molar-refractivity contribution in [1.29, 1.82) is 0 Å². The molecule has 2 aromatic rings. The number of pyridine rings is 1. The predicted molar refractivity (Wildman–Crippen MR) is 108 cm³/mol. The molecule has 1 aliphatic rings. The molecule has 0 bridgehead atoms. The summed E-state index contributed by atoms with van der Waals surface area (Å²) in [5.41, 5.74) is 6.09. The standard InChI is InChI=1S/C18H20ClN3O2.2ClH/c19-15-11-13(17(23)22-18(12-20)7-1-2-8-18)3-4-16(15)24-14-5-9-21-10-6-14;;/h3-6,9-11H,1-2,7-8,12,20H2,(H,22,23);2*1H. The molecule has 26 heavy (non-hydrogen) atoms. The van der Waals surface area contributed by atoms with Gasteiger partial charge in [-0.25, -0.2) is 0 Å². The van der Waals surface area contributed by atoms with Gasteiger partial charge in [-0.05, 0) is 43.2 Å². The van der Waals surface area contributed by atoms with Gasteiger partial charge in [0.25, 0.3) is 5.91 Å². The summed E-state index contributed by atoms with van der Waals surface area (Å²) in [7, 11) is 0. The second-order valence-corrected chi connectivity index (χ2v) is 6.48. The number of halogens is 3. The largest absolute Gasteiger partial charge is 0.456 e. The first kappa shape index (κ1) is 22.5. The van der Waals surface area contributed by atoms with Gasteiger partial charge in [0.2, 0.25) is 0 Å². The molecule has 1 saturated carbocycles. The van der Waals surface area contributed by atoms with Crippen molar-refractivity contribution in [2.45, 2.75) is 31.2 Å². The molecular weight excluding hydrogens is 397 g/mol. The van der Waals surface area contributed by atoms with Crippen molar-refractivity contribution in [3.8, 4) is 11.5 Å². The molecule has 0 unspecified atom stereocenters. The number of nitrogens with one attached hydrogen (secondary N) is 1. The van der Waals surface area contributed by atoms with Crippen LogP contribution in [0.2, 0.25) is 5.02 Å². The molecule has 1 aliphatic carbocycles. The van der Waals surface area contributed by atoms with E-state index in [0.29, 0.717) is 28.6 Å². The van der Waals surface area contributed by atoms with Crippen LogP contribution in [0.5, 0.6) is 11.5 Å². The van der Waals surface area contributed by atoms with E-state index in [-0.39, 0.29) is 36.3 Å². The minimum absolute atomic E-state index is 0. The van der Waals surface area contributed by atoms with Crippen LogP contribution in [0.25, 0.3) is 0 Å². The zero-order chi connectivity index (χ0) is 17.0. The molecule has 5 nitrogen and oxygen atoms in total. The number of carbonyl (C=O) groups is 1. The second-order valence-electron chi connectivity index (χ2n) is 6.08. The normalized spacial score (nSPS) is 14.7. The van der Waals surface area contributed by atoms with Crippen molar-refractivity contribution in [1.82, 2.24) is 10.3 Å². The number of hydrogen-bond acceptors (Lipinski definition) is 4. The van der Waals surface area contributed by atoms with Gasteiger partial charge >= 0.3 is 0 Å². The molecule has 1 amide bonds. The summed E-state index contributed by atoms with van der Waals surface area (Å²) in [6.45, 7) is 0.454. The van der Waals surface area contributed by atoms with E-state index in [0.717, 1.165) is 25.7 Å². The van der Waals surface area contributed by atoms with Crippen molar-refractivity contribution >= 4 is 42.3 Å². The summed E-state index contributed by atoms with van der Waals surface area (Å²) >= 11 is 6.26. The fraction of sp³-hybridized carbons (Fsp3) is 0.333. The van der Waals surface area contributed by atoms with E-state index >= 15 is 0 Å². The number of ether oxygens (including phenoxy) is 1. The zero-order valence-electron chi connectivity index (χ0n) is 14.1. The lowest BCUT2D eigenvalue weighted by Crippen LogP contribution is -2.51.